The number of nitrogens with zero attached hydrogens (tertiary/aromatic N) is 2. The van der Waals surface area contributed by atoms with Gasteiger partial charge in [0.1, 0.15) is 11.4 Å². The minimum absolute atomic E-state index is 0.108. The molecular weight excluding hydrogens is 320 g/mol. The van der Waals surface area contributed by atoms with Crippen molar-refractivity contribution < 1.29 is 14.3 Å². The first-order valence-corrected chi connectivity index (χ1v) is 8.73. The Morgan fingerprint density at radius 2 is 1.88 bits per heavy atom. The minimum Gasteiger partial charge on any atom is -0.444 e. The third-order valence-electron chi connectivity index (χ3n) is 3.37. The fraction of sp³-hybridized carbons (Fsp3) is 0.611. The van der Waals surface area contributed by atoms with Crippen molar-refractivity contribution in [1.29, 1.82) is 0 Å². The monoisotopic (exact) mass is 350 g/mol. The molecule has 1 rings (SSSR count). The summed E-state index contributed by atoms with van der Waals surface area (Å²) >= 11 is 0. The maximum absolute atomic E-state index is 11.9. The van der Waals surface area contributed by atoms with Crippen LogP contribution in [0, 0.1) is 0 Å². The number of carbonyl (C=O) groups excluding carboxylic acids is 2. The summed E-state index contributed by atoms with van der Waals surface area (Å²) in [5, 5.41) is 5.44. The molecule has 25 heavy (non-hydrogen) atoms. The average molecular weight is 350 g/mol. The van der Waals surface area contributed by atoms with Crippen molar-refractivity contribution in [3.05, 3.63) is 18.3 Å². The van der Waals surface area contributed by atoms with Crippen molar-refractivity contribution in [2.45, 2.75) is 53.1 Å². The Hall–Kier alpha value is -2.31. The van der Waals surface area contributed by atoms with Crippen LogP contribution >= 0.6 is 0 Å². The van der Waals surface area contributed by atoms with Gasteiger partial charge in [0, 0.05) is 26.1 Å². The predicted octanol–water partition coefficient (Wildman–Crippen LogP) is 3.17. The van der Waals surface area contributed by atoms with E-state index in [9.17, 15) is 9.59 Å². The number of amides is 2. The second kappa shape index (κ2) is 9.86. The number of rotatable bonds is 8. The second-order valence-electron chi connectivity index (χ2n) is 6.66. The van der Waals surface area contributed by atoms with Gasteiger partial charge in [0.05, 0.1) is 11.9 Å². The van der Waals surface area contributed by atoms with Gasteiger partial charge in [0.15, 0.2) is 0 Å². The van der Waals surface area contributed by atoms with Gasteiger partial charge >= 0.3 is 6.09 Å². The lowest BCUT2D eigenvalue weighted by Gasteiger charge is -2.20. The van der Waals surface area contributed by atoms with Crippen molar-refractivity contribution in [2.24, 2.45) is 0 Å². The number of hydrogen-bond donors (Lipinski definition) is 2. The Balaban J connectivity index is 2.31. The number of hydrogen-bond acceptors (Lipinski definition) is 5. The third kappa shape index (κ3) is 8.37. The minimum atomic E-state index is -0.522. The van der Waals surface area contributed by atoms with E-state index in [2.05, 4.69) is 34.4 Å². The molecule has 0 aromatic carbocycles. The number of aromatic nitrogens is 1. The largest absolute Gasteiger partial charge is 0.444 e. The second-order valence-corrected chi connectivity index (χ2v) is 6.66. The van der Waals surface area contributed by atoms with Crippen LogP contribution in [0.3, 0.4) is 0 Å². The maximum atomic E-state index is 11.9. The molecule has 1 aromatic rings. The Morgan fingerprint density at radius 1 is 1.20 bits per heavy atom. The van der Waals surface area contributed by atoms with Gasteiger partial charge in [-0.3, -0.25) is 4.79 Å². The third-order valence-corrected chi connectivity index (χ3v) is 3.37. The topological polar surface area (TPSA) is 83.6 Å². The normalized spacial score (nSPS) is 10.9. The smallest absolute Gasteiger partial charge is 0.407 e. The van der Waals surface area contributed by atoms with E-state index in [0.717, 1.165) is 18.9 Å². The number of nitrogens with one attached hydrogen (secondary N) is 2. The molecule has 0 unspecified atom stereocenters. The van der Waals surface area contributed by atoms with E-state index >= 15 is 0 Å². The molecule has 0 radical (unpaired) electrons. The Labute approximate surface area is 150 Å². The lowest BCUT2D eigenvalue weighted by atomic mass is 10.2. The highest BCUT2D eigenvalue weighted by Gasteiger charge is 2.15. The SMILES string of the molecule is CCN(CC)c1ccc(NC(=O)CCCNC(=O)OC(C)(C)C)cn1. The van der Waals surface area contributed by atoms with Crippen LogP contribution in [-0.4, -0.2) is 42.2 Å². The molecule has 0 spiro atoms. The molecule has 1 aromatic heterocycles. The summed E-state index contributed by atoms with van der Waals surface area (Å²) in [4.78, 5) is 29.9. The molecule has 2 N–H and O–H groups in total. The number of ether oxygens (including phenoxy) is 1. The van der Waals surface area contributed by atoms with Gasteiger partial charge in [-0.1, -0.05) is 0 Å². The summed E-state index contributed by atoms with van der Waals surface area (Å²) in [6.07, 6.45) is 2.04. The molecule has 7 heteroatoms. The zero-order chi connectivity index (χ0) is 18.9. The van der Waals surface area contributed by atoms with Crippen LogP contribution in [-0.2, 0) is 9.53 Å². The van der Waals surface area contributed by atoms with Gasteiger partial charge in [0.25, 0.3) is 0 Å². The Bertz CT molecular complexity index is 548. The van der Waals surface area contributed by atoms with E-state index in [4.69, 9.17) is 4.74 Å². The molecule has 1 heterocycles. The lowest BCUT2D eigenvalue weighted by Crippen LogP contribution is -2.33. The van der Waals surface area contributed by atoms with Crippen molar-refractivity contribution in [1.82, 2.24) is 10.3 Å². The van der Waals surface area contributed by atoms with Crippen molar-refractivity contribution >= 4 is 23.5 Å². The predicted molar refractivity (Wildman–Crippen MR) is 99.9 cm³/mol. The number of anilines is 2. The van der Waals surface area contributed by atoms with Crippen molar-refractivity contribution in [3.63, 3.8) is 0 Å². The summed E-state index contributed by atoms with van der Waals surface area (Å²) in [6.45, 7) is 11.7. The van der Waals surface area contributed by atoms with E-state index in [1.165, 1.54) is 0 Å². The molecule has 0 aliphatic rings. The zero-order valence-electron chi connectivity index (χ0n) is 15.9. The van der Waals surface area contributed by atoms with Gasteiger partial charge in [-0.15, -0.1) is 0 Å². The van der Waals surface area contributed by atoms with Crippen LogP contribution < -0.4 is 15.5 Å². The molecule has 7 nitrogen and oxygen atoms in total. The summed E-state index contributed by atoms with van der Waals surface area (Å²) in [6, 6.07) is 3.74. The van der Waals surface area contributed by atoms with Gasteiger partial charge in [-0.05, 0) is 53.2 Å². The van der Waals surface area contributed by atoms with Crippen LogP contribution in [0.15, 0.2) is 18.3 Å². The van der Waals surface area contributed by atoms with Crippen LogP contribution in [0.1, 0.15) is 47.5 Å². The quantitative estimate of drug-likeness (QED) is 0.704. The van der Waals surface area contributed by atoms with Gasteiger partial charge in [-0.2, -0.15) is 0 Å². The standard InChI is InChI=1S/C18H30N4O3/c1-6-22(7-2)15-11-10-14(13-20-15)21-16(23)9-8-12-19-17(24)25-18(3,4)5/h10-11,13H,6-9,12H2,1-5H3,(H,19,24)(H,21,23). The summed E-state index contributed by atoms with van der Waals surface area (Å²) in [5.74, 6) is 0.785. The van der Waals surface area contributed by atoms with Crippen LogP contribution in [0.25, 0.3) is 0 Å². The van der Waals surface area contributed by atoms with E-state index in [0.29, 0.717) is 25.1 Å². The molecule has 0 atom stereocenters. The van der Waals surface area contributed by atoms with Crippen LogP contribution in [0.4, 0.5) is 16.3 Å². The van der Waals surface area contributed by atoms with Gasteiger partial charge in [-0.25, -0.2) is 9.78 Å². The lowest BCUT2D eigenvalue weighted by molar-refractivity contribution is -0.116. The summed E-state index contributed by atoms with van der Waals surface area (Å²) in [7, 11) is 0. The van der Waals surface area contributed by atoms with Gasteiger partial charge < -0.3 is 20.3 Å². The fourth-order valence-corrected chi connectivity index (χ4v) is 2.17. The summed E-state index contributed by atoms with van der Waals surface area (Å²) in [5.41, 5.74) is 0.146. The van der Waals surface area contributed by atoms with Crippen molar-refractivity contribution in [3.8, 4) is 0 Å². The van der Waals surface area contributed by atoms with Crippen LogP contribution in [0.5, 0.6) is 0 Å². The molecule has 0 saturated heterocycles. The highest BCUT2D eigenvalue weighted by atomic mass is 16.6. The van der Waals surface area contributed by atoms with E-state index in [-0.39, 0.29) is 5.91 Å². The molecule has 0 aliphatic heterocycles. The zero-order valence-corrected chi connectivity index (χ0v) is 15.9. The first-order chi connectivity index (χ1) is 11.7. The number of alkyl carbamates (subject to hydrolysis) is 1. The van der Waals surface area contributed by atoms with E-state index < -0.39 is 11.7 Å². The highest BCUT2D eigenvalue weighted by Crippen LogP contribution is 2.14. The first-order valence-electron chi connectivity index (χ1n) is 8.73. The van der Waals surface area contributed by atoms with Crippen LogP contribution in [0.2, 0.25) is 0 Å². The molecule has 140 valence electrons. The number of carbonyl (C=O) groups is 2. The van der Waals surface area contributed by atoms with Crippen molar-refractivity contribution in [2.75, 3.05) is 29.9 Å². The number of pyridine rings is 1. The van der Waals surface area contributed by atoms with E-state index in [1.807, 2.05) is 12.1 Å². The van der Waals surface area contributed by atoms with Gasteiger partial charge in [0.2, 0.25) is 5.91 Å². The molecule has 0 aliphatic carbocycles. The molecule has 0 saturated carbocycles. The molecule has 0 bridgehead atoms. The Kier molecular flexibility index (Phi) is 8.18. The molecule has 0 fully saturated rings. The first kappa shape index (κ1) is 20.7. The van der Waals surface area contributed by atoms with E-state index in [1.54, 1.807) is 27.0 Å². The molecule has 2 amide bonds. The Morgan fingerprint density at radius 3 is 2.40 bits per heavy atom. The highest BCUT2D eigenvalue weighted by molar-refractivity contribution is 5.90. The average Bonchev–Trinajstić information content (AvgIpc) is 2.53. The maximum Gasteiger partial charge on any atom is 0.407 e. The molecular formula is C18H30N4O3. The summed E-state index contributed by atoms with van der Waals surface area (Å²) < 4.78 is 5.13. The fourth-order valence-electron chi connectivity index (χ4n) is 2.17.